The van der Waals surface area contributed by atoms with Crippen LogP contribution in [0.5, 0.6) is 5.75 Å². The maximum atomic E-state index is 13.3. The molecule has 180 valence electrons. The summed E-state index contributed by atoms with van der Waals surface area (Å²) in [4.78, 5) is 23.6. The Kier molecular flexibility index (Phi) is 11.0. The zero-order chi connectivity index (χ0) is 23.1. The van der Waals surface area contributed by atoms with Gasteiger partial charge in [-0.25, -0.2) is 4.98 Å². The number of likely N-dealkylation sites (N-methyl/N-ethyl adjacent to an activating group) is 1. The van der Waals surface area contributed by atoms with E-state index in [0.29, 0.717) is 13.0 Å². The smallest absolute Gasteiger partial charge is 0.229 e. The first-order valence-corrected chi connectivity index (χ1v) is 12.9. The van der Waals surface area contributed by atoms with Gasteiger partial charge in [0.25, 0.3) is 0 Å². The number of thiazole rings is 1. The second-order valence-electron chi connectivity index (χ2n) is 7.70. The van der Waals surface area contributed by atoms with Gasteiger partial charge in [-0.2, -0.15) is 0 Å². The molecule has 1 aromatic heterocycles. The fourth-order valence-electron chi connectivity index (χ4n) is 3.50. The van der Waals surface area contributed by atoms with Gasteiger partial charge in [0.1, 0.15) is 5.75 Å². The van der Waals surface area contributed by atoms with Gasteiger partial charge < -0.3 is 9.64 Å². The molecule has 0 radical (unpaired) electrons. The molecule has 0 bridgehead atoms. The molecule has 0 saturated heterocycles. The number of carbonyl (C=O) groups is 1. The van der Waals surface area contributed by atoms with Gasteiger partial charge in [0.2, 0.25) is 5.91 Å². The second-order valence-corrected chi connectivity index (χ2v) is 9.87. The zero-order valence-corrected chi connectivity index (χ0v) is 22.5. The van der Waals surface area contributed by atoms with Gasteiger partial charge in [0, 0.05) is 30.2 Å². The molecule has 5 nitrogen and oxygen atoms in total. The van der Waals surface area contributed by atoms with E-state index in [1.807, 2.05) is 29.2 Å². The molecule has 1 heterocycles. The first-order chi connectivity index (χ1) is 15.5. The van der Waals surface area contributed by atoms with Crippen LogP contribution < -0.4 is 9.64 Å². The number of aryl methyl sites for hydroxylation is 2. The molecule has 3 rings (SSSR count). The van der Waals surface area contributed by atoms with Crippen LogP contribution in [0.4, 0.5) is 5.13 Å². The highest BCUT2D eigenvalue weighted by Gasteiger charge is 2.21. The quantitative estimate of drug-likeness (QED) is 0.289. The molecular weight excluding hydrogens is 474 g/mol. The van der Waals surface area contributed by atoms with Gasteiger partial charge in [-0.3, -0.25) is 9.69 Å². The highest BCUT2D eigenvalue weighted by Crippen LogP contribution is 2.32. The minimum Gasteiger partial charge on any atom is -0.497 e. The molecule has 33 heavy (non-hydrogen) atoms. The third-order valence-electron chi connectivity index (χ3n) is 5.78. The van der Waals surface area contributed by atoms with Crippen LogP contribution in [-0.4, -0.2) is 54.8 Å². The first-order valence-electron chi connectivity index (χ1n) is 11.1. The van der Waals surface area contributed by atoms with Crippen molar-refractivity contribution in [3.8, 4) is 5.75 Å². The number of thioether (sulfide) groups is 1. The largest absolute Gasteiger partial charge is 0.497 e. The van der Waals surface area contributed by atoms with Crippen LogP contribution >= 0.6 is 35.5 Å². The molecule has 0 N–H and O–H groups in total. The number of amides is 1. The van der Waals surface area contributed by atoms with Crippen molar-refractivity contribution in [2.24, 2.45) is 0 Å². The van der Waals surface area contributed by atoms with Crippen molar-refractivity contribution in [2.45, 2.75) is 39.0 Å². The molecule has 0 fully saturated rings. The highest BCUT2D eigenvalue weighted by atomic mass is 35.5. The van der Waals surface area contributed by atoms with E-state index in [0.717, 1.165) is 51.4 Å². The summed E-state index contributed by atoms with van der Waals surface area (Å²) in [5, 5.41) is 0.806. The number of nitrogens with zero attached hydrogens (tertiary/aromatic N) is 3. The number of aromatic nitrogens is 1. The molecule has 0 unspecified atom stereocenters. The van der Waals surface area contributed by atoms with Gasteiger partial charge >= 0.3 is 0 Å². The van der Waals surface area contributed by atoms with Gasteiger partial charge in [0.15, 0.2) is 5.13 Å². The Morgan fingerprint density at radius 3 is 2.39 bits per heavy atom. The summed E-state index contributed by atoms with van der Waals surface area (Å²) < 4.78 is 6.35. The van der Waals surface area contributed by atoms with Crippen LogP contribution in [0.25, 0.3) is 10.2 Å². The minimum absolute atomic E-state index is 0. The maximum absolute atomic E-state index is 13.3. The molecule has 1 amide bonds. The lowest BCUT2D eigenvalue weighted by Gasteiger charge is -2.24. The Morgan fingerprint density at radius 1 is 1.06 bits per heavy atom. The van der Waals surface area contributed by atoms with Gasteiger partial charge in [-0.05, 0) is 68.4 Å². The summed E-state index contributed by atoms with van der Waals surface area (Å²) in [5.74, 6) is 1.71. The van der Waals surface area contributed by atoms with E-state index in [4.69, 9.17) is 9.72 Å². The third kappa shape index (κ3) is 7.09. The number of hydrogen-bond acceptors (Lipinski definition) is 6. The van der Waals surface area contributed by atoms with Crippen molar-refractivity contribution in [2.75, 3.05) is 43.9 Å². The highest BCUT2D eigenvalue weighted by molar-refractivity contribution is 7.99. The van der Waals surface area contributed by atoms with E-state index in [1.54, 1.807) is 30.2 Å². The number of rotatable bonds is 11. The lowest BCUT2D eigenvalue weighted by molar-refractivity contribution is -0.118. The number of anilines is 1. The number of carbonyl (C=O) groups excluding carboxylic acids is 1. The van der Waals surface area contributed by atoms with Gasteiger partial charge in [0.05, 0.1) is 17.3 Å². The van der Waals surface area contributed by atoms with E-state index < -0.39 is 0 Å². The Bertz CT molecular complexity index is 1040. The standard InChI is InChI=1S/C25H33N3O2S2.ClH/c1-6-27(7-2)15-16-28(25-26-24-19(4)18(3)8-13-22(24)32-25)23(29)14-17-31-21-11-9-20(30-5)10-12-21;/h8-13H,6-7,14-17H2,1-5H3;1H. The summed E-state index contributed by atoms with van der Waals surface area (Å²) >= 11 is 3.31. The molecule has 0 saturated carbocycles. The Hall–Kier alpha value is -1.80. The average molecular weight is 508 g/mol. The SMILES string of the molecule is CCN(CC)CCN(C(=O)CCSc1ccc(OC)cc1)c1nc2c(C)c(C)ccc2s1.Cl. The predicted molar refractivity (Wildman–Crippen MR) is 145 cm³/mol. The van der Waals surface area contributed by atoms with E-state index in [9.17, 15) is 4.79 Å². The lowest BCUT2D eigenvalue weighted by atomic mass is 10.1. The average Bonchev–Trinajstić information content (AvgIpc) is 3.24. The maximum Gasteiger partial charge on any atom is 0.229 e. The fourth-order valence-corrected chi connectivity index (χ4v) is 5.41. The molecule has 0 aliphatic rings. The minimum atomic E-state index is 0. The molecule has 2 aromatic carbocycles. The van der Waals surface area contributed by atoms with E-state index in [1.165, 1.54) is 11.1 Å². The van der Waals surface area contributed by atoms with Crippen molar-refractivity contribution in [3.63, 3.8) is 0 Å². The van der Waals surface area contributed by atoms with Crippen LogP contribution in [0.3, 0.4) is 0 Å². The second kappa shape index (κ2) is 13.2. The first kappa shape index (κ1) is 27.4. The van der Waals surface area contributed by atoms with Crippen molar-refractivity contribution < 1.29 is 9.53 Å². The van der Waals surface area contributed by atoms with E-state index in [2.05, 4.69) is 44.7 Å². The number of hydrogen-bond donors (Lipinski definition) is 0. The monoisotopic (exact) mass is 507 g/mol. The molecule has 8 heteroatoms. The van der Waals surface area contributed by atoms with Crippen molar-refractivity contribution >= 4 is 56.8 Å². The number of benzene rings is 2. The van der Waals surface area contributed by atoms with Gasteiger partial charge in [-0.15, -0.1) is 24.2 Å². The van der Waals surface area contributed by atoms with Crippen LogP contribution in [0.15, 0.2) is 41.3 Å². The number of ether oxygens (including phenoxy) is 1. The summed E-state index contributed by atoms with van der Waals surface area (Å²) in [6.45, 7) is 12.0. The number of methoxy groups -OCH3 is 1. The third-order valence-corrected chi connectivity index (χ3v) is 7.84. The Balaban J connectivity index is 0.00000385. The van der Waals surface area contributed by atoms with Crippen LogP contribution in [0, 0.1) is 13.8 Å². The van der Waals surface area contributed by atoms with E-state index in [-0.39, 0.29) is 18.3 Å². The predicted octanol–water partition coefficient (Wildman–Crippen LogP) is 6.20. The van der Waals surface area contributed by atoms with Crippen LogP contribution in [0.1, 0.15) is 31.4 Å². The lowest BCUT2D eigenvalue weighted by Crippen LogP contribution is -2.39. The Morgan fingerprint density at radius 2 is 1.76 bits per heavy atom. The van der Waals surface area contributed by atoms with Gasteiger partial charge in [-0.1, -0.05) is 31.3 Å². The number of fused-ring (bicyclic) bond motifs is 1. The Labute approximate surface area is 211 Å². The summed E-state index contributed by atoms with van der Waals surface area (Å²) in [6, 6.07) is 12.2. The van der Waals surface area contributed by atoms with Crippen molar-refractivity contribution in [1.29, 1.82) is 0 Å². The molecule has 0 atom stereocenters. The summed E-state index contributed by atoms with van der Waals surface area (Å²) in [6.07, 6.45) is 0.475. The fraction of sp³-hybridized carbons (Fsp3) is 0.440. The number of halogens is 1. The molecule has 0 aliphatic heterocycles. The molecule has 3 aromatic rings. The topological polar surface area (TPSA) is 45.7 Å². The van der Waals surface area contributed by atoms with Crippen LogP contribution in [0.2, 0.25) is 0 Å². The van der Waals surface area contributed by atoms with Crippen LogP contribution in [-0.2, 0) is 4.79 Å². The van der Waals surface area contributed by atoms with E-state index >= 15 is 0 Å². The molecule has 0 spiro atoms. The zero-order valence-electron chi connectivity index (χ0n) is 20.1. The summed E-state index contributed by atoms with van der Waals surface area (Å²) in [5.41, 5.74) is 3.43. The van der Waals surface area contributed by atoms with Crippen molar-refractivity contribution in [1.82, 2.24) is 9.88 Å². The molecule has 0 aliphatic carbocycles. The molecular formula is C25H34ClN3O2S2. The normalized spacial score (nSPS) is 11.0. The summed E-state index contributed by atoms with van der Waals surface area (Å²) in [7, 11) is 1.67. The van der Waals surface area contributed by atoms with Crippen molar-refractivity contribution in [3.05, 3.63) is 47.5 Å².